The van der Waals surface area contributed by atoms with E-state index in [9.17, 15) is 0 Å². The molecule has 80 valence electrons. The summed E-state index contributed by atoms with van der Waals surface area (Å²) in [5, 5.41) is 5.82. The van der Waals surface area contributed by atoms with Crippen molar-refractivity contribution in [1.29, 1.82) is 0 Å². The Kier molecular flexibility index (Phi) is 4.41. The molecule has 3 nitrogen and oxygen atoms in total. The summed E-state index contributed by atoms with van der Waals surface area (Å²) in [6.45, 7) is 0. The van der Waals surface area contributed by atoms with Gasteiger partial charge in [-0.3, -0.25) is 0 Å². The summed E-state index contributed by atoms with van der Waals surface area (Å²) in [5.41, 5.74) is 1.05. The molecule has 0 fully saturated rings. The van der Waals surface area contributed by atoms with Crippen molar-refractivity contribution >= 4 is 12.3 Å². The standard InChI is InChI=1S/C12H16N2O/c1-14(2)13-10-6-8-11-7-4-5-9-12(11)15-3/h4-10H,1-3H3/b8-6+,13-10+. The molecule has 0 N–H and O–H groups in total. The van der Waals surface area contributed by atoms with Crippen molar-refractivity contribution < 1.29 is 4.74 Å². The Morgan fingerprint density at radius 1 is 1.27 bits per heavy atom. The number of benzene rings is 1. The molecule has 0 aliphatic rings. The highest BCUT2D eigenvalue weighted by Gasteiger charge is 1.94. The molecule has 0 aromatic heterocycles. The lowest BCUT2D eigenvalue weighted by atomic mass is 10.2. The van der Waals surface area contributed by atoms with Gasteiger partial charge in [-0.25, -0.2) is 0 Å². The minimum absolute atomic E-state index is 0.868. The molecular formula is C12H16N2O. The molecule has 0 heterocycles. The molecule has 1 aromatic carbocycles. The maximum atomic E-state index is 5.22. The maximum absolute atomic E-state index is 5.22. The lowest BCUT2D eigenvalue weighted by Gasteiger charge is -2.03. The zero-order chi connectivity index (χ0) is 11.1. The first-order valence-corrected chi connectivity index (χ1v) is 4.75. The Hall–Kier alpha value is -1.77. The van der Waals surface area contributed by atoms with E-state index in [-0.39, 0.29) is 0 Å². The van der Waals surface area contributed by atoms with Crippen LogP contribution in [-0.4, -0.2) is 32.4 Å². The van der Waals surface area contributed by atoms with Crippen molar-refractivity contribution in [2.45, 2.75) is 0 Å². The molecular weight excluding hydrogens is 188 g/mol. The van der Waals surface area contributed by atoms with E-state index in [1.54, 1.807) is 18.3 Å². The molecule has 0 atom stereocenters. The zero-order valence-electron chi connectivity index (χ0n) is 9.34. The topological polar surface area (TPSA) is 24.8 Å². The molecule has 0 saturated heterocycles. The van der Waals surface area contributed by atoms with Crippen LogP contribution in [0.15, 0.2) is 35.4 Å². The van der Waals surface area contributed by atoms with Crippen LogP contribution in [0.5, 0.6) is 5.75 Å². The summed E-state index contributed by atoms with van der Waals surface area (Å²) < 4.78 is 5.22. The molecule has 0 unspecified atom stereocenters. The number of hydrazone groups is 1. The summed E-state index contributed by atoms with van der Waals surface area (Å²) in [6.07, 6.45) is 5.59. The Morgan fingerprint density at radius 2 is 2.00 bits per heavy atom. The predicted molar refractivity (Wildman–Crippen MR) is 64.2 cm³/mol. The second-order valence-corrected chi connectivity index (χ2v) is 3.21. The Bertz CT molecular complexity index is 356. The van der Waals surface area contributed by atoms with Gasteiger partial charge in [0, 0.05) is 25.9 Å². The van der Waals surface area contributed by atoms with Gasteiger partial charge in [0.25, 0.3) is 0 Å². The number of ether oxygens (including phenoxy) is 1. The second-order valence-electron chi connectivity index (χ2n) is 3.21. The fourth-order valence-corrected chi connectivity index (χ4v) is 1.12. The normalized spacial score (nSPS) is 11.1. The van der Waals surface area contributed by atoms with Gasteiger partial charge in [-0.2, -0.15) is 5.10 Å². The average Bonchev–Trinajstić information content (AvgIpc) is 2.24. The minimum Gasteiger partial charge on any atom is -0.496 e. The van der Waals surface area contributed by atoms with Crippen LogP contribution in [0.25, 0.3) is 6.08 Å². The first kappa shape index (κ1) is 11.3. The first-order valence-electron chi connectivity index (χ1n) is 4.75. The molecule has 0 radical (unpaired) electrons. The third kappa shape index (κ3) is 3.85. The number of nitrogens with zero attached hydrogens (tertiary/aromatic N) is 2. The first-order chi connectivity index (χ1) is 7.24. The quantitative estimate of drug-likeness (QED) is 0.555. The van der Waals surface area contributed by atoms with Crippen LogP contribution in [0.2, 0.25) is 0 Å². The lowest BCUT2D eigenvalue weighted by molar-refractivity contribution is 0.414. The Labute approximate surface area is 90.7 Å². The van der Waals surface area contributed by atoms with E-state index in [4.69, 9.17) is 4.74 Å². The van der Waals surface area contributed by atoms with Crippen LogP contribution in [0.1, 0.15) is 5.56 Å². The fourth-order valence-electron chi connectivity index (χ4n) is 1.12. The molecule has 0 bridgehead atoms. The number of hydrogen-bond acceptors (Lipinski definition) is 3. The fraction of sp³-hybridized carbons (Fsp3) is 0.250. The van der Waals surface area contributed by atoms with E-state index in [2.05, 4.69) is 5.10 Å². The van der Waals surface area contributed by atoms with E-state index in [0.717, 1.165) is 11.3 Å². The maximum Gasteiger partial charge on any atom is 0.126 e. The number of methoxy groups -OCH3 is 1. The highest BCUT2D eigenvalue weighted by molar-refractivity contribution is 5.79. The smallest absolute Gasteiger partial charge is 0.126 e. The summed E-state index contributed by atoms with van der Waals surface area (Å²) in [7, 11) is 5.43. The SMILES string of the molecule is COc1ccccc1/C=C/C=N/N(C)C. The summed E-state index contributed by atoms with van der Waals surface area (Å²) in [5.74, 6) is 0.868. The van der Waals surface area contributed by atoms with Crippen LogP contribution in [0.3, 0.4) is 0 Å². The van der Waals surface area contributed by atoms with Crippen molar-refractivity contribution in [3.8, 4) is 5.75 Å². The van der Waals surface area contributed by atoms with Crippen molar-refractivity contribution in [2.75, 3.05) is 21.2 Å². The lowest BCUT2D eigenvalue weighted by Crippen LogP contribution is -2.00. The van der Waals surface area contributed by atoms with Gasteiger partial charge in [-0.15, -0.1) is 0 Å². The molecule has 0 spiro atoms. The van der Waals surface area contributed by atoms with Gasteiger partial charge >= 0.3 is 0 Å². The monoisotopic (exact) mass is 204 g/mol. The Morgan fingerprint density at radius 3 is 2.67 bits per heavy atom. The molecule has 0 amide bonds. The number of para-hydroxylation sites is 1. The third-order valence-corrected chi connectivity index (χ3v) is 1.80. The summed E-state index contributed by atoms with van der Waals surface area (Å²) in [4.78, 5) is 0. The largest absolute Gasteiger partial charge is 0.496 e. The molecule has 3 heteroatoms. The van der Waals surface area contributed by atoms with Crippen LogP contribution in [-0.2, 0) is 0 Å². The van der Waals surface area contributed by atoms with E-state index in [1.807, 2.05) is 50.5 Å². The highest BCUT2D eigenvalue weighted by Crippen LogP contribution is 2.18. The van der Waals surface area contributed by atoms with Gasteiger partial charge < -0.3 is 9.75 Å². The van der Waals surface area contributed by atoms with Gasteiger partial charge in [0.1, 0.15) is 5.75 Å². The zero-order valence-corrected chi connectivity index (χ0v) is 9.34. The van der Waals surface area contributed by atoms with Crippen LogP contribution < -0.4 is 4.74 Å². The van der Waals surface area contributed by atoms with Crippen molar-refractivity contribution in [3.63, 3.8) is 0 Å². The van der Waals surface area contributed by atoms with Crippen LogP contribution in [0.4, 0.5) is 0 Å². The van der Waals surface area contributed by atoms with Crippen molar-refractivity contribution in [1.82, 2.24) is 5.01 Å². The van der Waals surface area contributed by atoms with Gasteiger partial charge in [-0.05, 0) is 18.2 Å². The van der Waals surface area contributed by atoms with Crippen LogP contribution >= 0.6 is 0 Å². The molecule has 15 heavy (non-hydrogen) atoms. The highest BCUT2D eigenvalue weighted by atomic mass is 16.5. The van der Waals surface area contributed by atoms with Crippen molar-refractivity contribution in [2.24, 2.45) is 5.10 Å². The number of hydrogen-bond donors (Lipinski definition) is 0. The molecule has 1 rings (SSSR count). The van der Waals surface area contributed by atoms with E-state index < -0.39 is 0 Å². The van der Waals surface area contributed by atoms with Gasteiger partial charge in [0.15, 0.2) is 0 Å². The van der Waals surface area contributed by atoms with Gasteiger partial charge in [0.2, 0.25) is 0 Å². The minimum atomic E-state index is 0.868. The second kappa shape index (κ2) is 5.86. The molecule has 0 aliphatic carbocycles. The molecule has 1 aromatic rings. The van der Waals surface area contributed by atoms with Crippen LogP contribution in [0, 0.1) is 0 Å². The third-order valence-electron chi connectivity index (χ3n) is 1.80. The summed E-state index contributed by atoms with van der Waals surface area (Å²) >= 11 is 0. The van der Waals surface area contributed by atoms with E-state index in [0.29, 0.717) is 0 Å². The number of rotatable bonds is 4. The number of allylic oxidation sites excluding steroid dienone is 1. The van der Waals surface area contributed by atoms with E-state index in [1.165, 1.54) is 0 Å². The molecule has 0 saturated carbocycles. The Balaban J connectivity index is 2.71. The van der Waals surface area contributed by atoms with Crippen molar-refractivity contribution in [3.05, 3.63) is 35.9 Å². The van der Waals surface area contributed by atoms with Gasteiger partial charge in [0.05, 0.1) is 7.11 Å². The average molecular weight is 204 g/mol. The van der Waals surface area contributed by atoms with Gasteiger partial charge in [-0.1, -0.05) is 18.2 Å². The predicted octanol–water partition coefficient (Wildman–Crippen LogP) is 2.26. The summed E-state index contributed by atoms with van der Waals surface area (Å²) in [6, 6.07) is 7.86. The molecule has 0 aliphatic heterocycles. The van der Waals surface area contributed by atoms with E-state index >= 15 is 0 Å².